The molecule has 0 fully saturated rings. The number of aromatic nitrogens is 1. The average Bonchev–Trinajstić information content (AvgIpc) is 2.56. The Kier molecular flexibility index (Phi) is 5.76. The van der Waals surface area contributed by atoms with Gasteiger partial charge in [0.15, 0.2) is 5.52 Å². The van der Waals surface area contributed by atoms with E-state index in [1.807, 2.05) is 0 Å². The fraction of sp³-hybridized carbons (Fsp3) is 0. The zero-order valence-electron chi connectivity index (χ0n) is 12.4. The molecule has 0 radical (unpaired) electrons. The molecule has 1 heterocycles. The predicted octanol–water partition coefficient (Wildman–Crippen LogP) is 2.37. The van der Waals surface area contributed by atoms with Crippen LogP contribution in [0.1, 0.15) is 0 Å². The van der Waals surface area contributed by atoms with Crippen molar-refractivity contribution in [1.82, 2.24) is 4.98 Å². The van der Waals surface area contributed by atoms with Crippen molar-refractivity contribution in [3.05, 3.63) is 70.8 Å². The molecule has 3 rings (SSSR count). The Labute approximate surface area is 190 Å². The average molecular weight is 399 g/mol. The van der Waals surface area contributed by atoms with Gasteiger partial charge < -0.3 is 0 Å². The second-order valence-corrected chi connectivity index (χ2v) is 5.00. The fourth-order valence-corrected chi connectivity index (χ4v) is 2.64. The van der Waals surface area contributed by atoms with Crippen LogP contribution in [0.4, 0.5) is 22.7 Å². The van der Waals surface area contributed by atoms with E-state index in [9.17, 15) is 40.5 Å². The van der Waals surface area contributed by atoms with Crippen LogP contribution in [0.2, 0.25) is 0 Å². The van der Waals surface area contributed by atoms with E-state index < -0.39 is 53.3 Å². The third kappa shape index (κ3) is 3.35. The molecular formula is C13H6KN5O8. The van der Waals surface area contributed by atoms with Crippen LogP contribution in [0.25, 0.3) is 21.8 Å². The van der Waals surface area contributed by atoms with Crippen LogP contribution in [0.3, 0.4) is 0 Å². The van der Waals surface area contributed by atoms with E-state index in [1.165, 1.54) is 12.1 Å². The van der Waals surface area contributed by atoms with Crippen LogP contribution in [0.15, 0.2) is 30.3 Å². The molecule has 0 saturated heterocycles. The molecule has 2 aromatic carbocycles. The molecule has 0 aliphatic rings. The van der Waals surface area contributed by atoms with Crippen molar-refractivity contribution in [1.29, 1.82) is 0 Å². The zero-order chi connectivity index (χ0) is 19.2. The summed E-state index contributed by atoms with van der Waals surface area (Å²) in [4.78, 5) is 44.1. The van der Waals surface area contributed by atoms with Gasteiger partial charge in [0.05, 0.1) is 30.6 Å². The zero-order valence-corrected chi connectivity index (χ0v) is 12.4. The number of nitrogens with zero attached hydrogens (tertiary/aromatic N) is 5. The summed E-state index contributed by atoms with van der Waals surface area (Å²) in [6.45, 7) is 0. The van der Waals surface area contributed by atoms with Gasteiger partial charge in [0, 0.05) is 5.39 Å². The van der Waals surface area contributed by atoms with Gasteiger partial charge in [0.1, 0.15) is 0 Å². The van der Waals surface area contributed by atoms with Gasteiger partial charge >= 0.3 is 74.1 Å². The van der Waals surface area contributed by atoms with Crippen LogP contribution in [-0.2, 0) is 0 Å². The first-order valence-corrected chi connectivity index (χ1v) is 6.71. The van der Waals surface area contributed by atoms with Crippen molar-refractivity contribution >= 4 is 95.9 Å². The molecule has 0 atom stereocenters. The molecule has 0 aliphatic carbocycles. The molecular weight excluding hydrogens is 393 g/mol. The van der Waals surface area contributed by atoms with Gasteiger partial charge in [-0.05, 0) is 12.1 Å². The Balaban J connectivity index is 0.00000261. The van der Waals surface area contributed by atoms with Crippen LogP contribution < -0.4 is 0 Å². The SMILES string of the molecule is O=[N+]([O-])c1c([N+](=O)[O-])c([N+](=O)[O-])c2nc3ccccc3cc2c1[N+](=O)[O-].[KH]. The number of rotatable bonds is 4. The number of fused-ring (bicyclic) bond motifs is 2. The fourth-order valence-electron chi connectivity index (χ4n) is 2.64. The second kappa shape index (κ2) is 7.53. The first-order chi connectivity index (χ1) is 12.2. The summed E-state index contributed by atoms with van der Waals surface area (Å²) < 4.78 is 0. The maximum absolute atomic E-state index is 11.4. The van der Waals surface area contributed by atoms with Crippen molar-refractivity contribution in [2.45, 2.75) is 0 Å². The van der Waals surface area contributed by atoms with E-state index in [0.29, 0.717) is 5.39 Å². The normalized spacial score (nSPS) is 10.4. The Hall–Kier alpha value is -2.65. The van der Waals surface area contributed by atoms with Crippen molar-refractivity contribution in [3.8, 4) is 0 Å². The molecule has 3 aromatic rings. The van der Waals surface area contributed by atoms with Gasteiger partial charge in [-0.1, -0.05) is 18.2 Å². The van der Waals surface area contributed by atoms with Crippen molar-refractivity contribution in [3.63, 3.8) is 0 Å². The van der Waals surface area contributed by atoms with E-state index in [4.69, 9.17) is 0 Å². The van der Waals surface area contributed by atoms with Crippen molar-refractivity contribution in [2.75, 3.05) is 0 Å². The summed E-state index contributed by atoms with van der Waals surface area (Å²) in [6, 6.07) is 7.15. The molecule has 0 amide bonds. The van der Waals surface area contributed by atoms with Gasteiger partial charge in [0.2, 0.25) is 0 Å². The van der Waals surface area contributed by atoms with E-state index in [0.717, 1.165) is 6.07 Å². The Morgan fingerprint density at radius 2 is 1.19 bits per heavy atom. The molecule has 0 bridgehead atoms. The number of nitro groups is 4. The molecule has 132 valence electrons. The number of benzene rings is 2. The number of pyridine rings is 1. The number of hydrogen-bond acceptors (Lipinski definition) is 9. The molecule has 0 saturated carbocycles. The van der Waals surface area contributed by atoms with Gasteiger partial charge in [-0.3, -0.25) is 40.5 Å². The van der Waals surface area contributed by atoms with Gasteiger partial charge in [0.25, 0.3) is 0 Å². The van der Waals surface area contributed by atoms with Crippen LogP contribution >= 0.6 is 0 Å². The van der Waals surface area contributed by atoms with E-state index in [-0.39, 0.29) is 56.9 Å². The van der Waals surface area contributed by atoms with Gasteiger partial charge in [-0.2, -0.15) is 0 Å². The minimum absolute atomic E-state index is 0. The molecule has 0 spiro atoms. The number of nitro benzene ring substituents is 4. The maximum atomic E-state index is 11.4. The monoisotopic (exact) mass is 399 g/mol. The molecule has 13 nitrogen and oxygen atoms in total. The summed E-state index contributed by atoms with van der Waals surface area (Å²) in [5.74, 6) is 0. The summed E-state index contributed by atoms with van der Waals surface area (Å²) in [5.41, 5.74) is -6.12. The topological polar surface area (TPSA) is 185 Å². The van der Waals surface area contributed by atoms with Crippen molar-refractivity contribution < 1.29 is 19.7 Å². The van der Waals surface area contributed by atoms with Crippen LogP contribution in [-0.4, -0.2) is 76.1 Å². The third-order valence-electron chi connectivity index (χ3n) is 3.61. The molecule has 1 aromatic heterocycles. The number of para-hydroxylation sites is 1. The first-order valence-electron chi connectivity index (χ1n) is 6.71. The Bertz CT molecular complexity index is 1070. The third-order valence-corrected chi connectivity index (χ3v) is 3.61. The molecule has 14 heteroatoms. The van der Waals surface area contributed by atoms with Gasteiger partial charge in [-0.15, -0.1) is 0 Å². The van der Waals surface area contributed by atoms with Gasteiger partial charge in [-0.25, -0.2) is 4.98 Å². The molecule has 0 N–H and O–H groups in total. The molecule has 27 heavy (non-hydrogen) atoms. The van der Waals surface area contributed by atoms with Crippen LogP contribution in [0.5, 0.6) is 0 Å². The summed E-state index contributed by atoms with van der Waals surface area (Å²) >= 11 is 0. The second-order valence-electron chi connectivity index (χ2n) is 5.00. The Morgan fingerprint density at radius 3 is 1.70 bits per heavy atom. The minimum atomic E-state index is -1.58. The molecule has 0 unspecified atom stereocenters. The van der Waals surface area contributed by atoms with E-state index in [2.05, 4.69) is 4.98 Å². The van der Waals surface area contributed by atoms with Crippen molar-refractivity contribution in [2.24, 2.45) is 0 Å². The quantitative estimate of drug-likeness (QED) is 0.275. The predicted molar refractivity (Wildman–Crippen MR) is 93.0 cm³/mol. The standard InChI is InChI=1S/C13H5N5O8.K.H/c19-15(20)10-7-5-6-3-1-2-4-8(6)14-9(7)11(16(21)22)13(18(25)26)12(10)17(23)24;;/h1-5H;;. The first kappa shape index (κ1) is 20.7. The number of hydrogen-bond donors (Lipinski definition) is 0. The Morgan fingerprint density at radius 1 is 0.704 bits per heavy atom. The summed E-state index contributed by atoms with van der Waals surface area (Å²) in [6.07, 6.45) is 0. The van der Waals surface area contributed by atoms with E-state index >= 15 is 0 Å². The summed E-state index contributed by atoms with van der Waals surface area (Å²) in [7, 11) is 0. The summed E-state index contributed by atoms with van der Waals surface area (Å²) in [5, 5.41) is 45.2. The van der Waals surface area contributed by atoms with E-state index in [1.54, 1.807) is 12.1 Å². The molecule has 0 aliphatic heterocycles. The van der Waals surface area contributed by atoms with Crippen LogP contribution in [0, 0.1) is 40.5 Å².